The second kappa shape index (κ2) is 7.71. The van der Waals surface area contributed by atoms with Gasteiger partial charge in [-0.2, -0.15) is 5.26 Å². The summed E-state index contributed by atoms with van der Waals surface area (Å²) in [4.78, 5) is 4.55. The van der Waals surface area contributed by atoms with Gasteiger partial charge in [0.15, 0.2) is 0 Å². The number of para-hydroxylation sites is 1. The molecule has 0 aliphatic rings. The van der Waals surface area contributed by atoms with Crippen LogP contribution in [-0.2, 0) is 0 Å². The lowest BCUT2D eigenvalue weighted by Gasteiger charge is -2.04. The number of rotatable bonds is 4. The molecular formula is C19H12Cl2N2OS. The van der Waals surface area contributed by atoms with Gasteiger partial charge in [-0.15, -0.1) is 11.3 Å². The molecule has 0 bridgehead atoms. The monoisotopic (exact) mass is 386 g/mol. The minimum Gasteiger partial charge on any atom is -0.496 e. The Labute approximate surface area is 159 Å². The predicted octanol–water partition coefficient (Wildman–Crippen LogP) is 6.19. The summed E-state index contributed by atoms with van der Waals surface area (Å²) in [6.45, 7) is 0. The van der Waals surface area contributed by atoms with Crippen LogP contribution in [0.1, 0.15) is 10.6 Å². The molecule has 0 unspecified atom stereocenters. The van der Waals surface area contributed by atoms with Gasteiger partial charge in [-0.3, -0.25) is 0 Å². The number of hydrogen-bond donors (Lipinski definition) is 0. The fourth-order valence-electron chi connectivity index (χ4n) is 2.30. The van der Waals surface area contributed by atoms with E-state index in [0.29, 0.717) is 32.1 Å². The molecule has 3 rings (SSSR count). The Kier molecular flexibility index (Phi) is 5.40. The van der Waals surface area contributed by atoms with Gasteiger partial charge < -0.3 is 4.74 Å². The molecule has 0 aliphatic carbocycles. The summed E-state index contributed by atoms with van der Waals surface area (Å²) in [6.07, 6.45) is 1.77. The Morgan fingerprint density at radius 2 is 2.04 bits per heavy atom. The van der Waals surface area contributed by atoms with Gasteiger partial charge in [-0.05, 0) is 30.3 Å². The fraction of sp³-hybridized carbons (Fsp3) is 0.0526. The molecule has 0 atom stereocenters. The van der Waals surface area contributed by atoms with Gasteiger partial charge in [0.05, 0.1) is 23.4 Å². The van der Waals surface area contributed by atoms with E-state index in [0.717, 1.165) is 11.1 Å². The van der Waals surface area contributed by atoms with E-state index in [1.54, 1.807) is 25.3 Å². The highest BCUT2D eigenvalue weighted by molar-refractivity contribution is 7.11. The quantitative estimate of drug-likeness (QED) is 0.502. The normalized spacial score (nSPS) is 11.2. The highest BCUT2D eigenvalue weighted by Crippen LogP contribution is 2.33. The molecule has 0 amide bonds. The fourth-order valence-corrected chi connectivity index (χ4v) is 3.59. The molecule has 1 heterocycles. The molecular weight excluding hydrogens is 375 g/mol. The molecule has 0 radical (unpaired) electrons. The van der Waals surface area contributed by atoms with E-state index in [1.165, 1.54) is 11.3 Å². The third-order valence-electron chi connectivity index (χ3n) is 3.50. The number of nitriles is 1. The van der Waals surface area contributed by atoms with Crippen molar-refractivity contribution in [2.45, 2.75) is 0 Å². The van der Waals surface area contributed by atoms with Crippen LogP contribution in [0.5, 0.6) is 5.75 Å². The van der Waals surface area contributed by atoms with Gasteiger partial charge in [0, 0.05) is 21.5 Å². The van der Waals surface area contributed by atoms with Crippen molar-refractivity contribution in [1.82, 2.24) is 4.98 Å². The van der Waals surface area contributed by atoms with E-state index in [9.17, 15) is 5.26 Å². The van der Waals surface area contributed by atoms with Gasteiger partial charge in [0.1, 0.15) is 16.8 Å². The summed E-state index contributed by atoms with van der Waals surface area (Å²) in [5.74, 6) is 0.702. The zero-order valence-corrected chi connectivity index (χ0v) is 15.5. The number of allylic oxidation sites excluding steroid dienone is 1. The van der Waals surface area contributed by atoms with Crippen LogP contribution in [0.2, 0.25) is 10.0 Å². The number of nitrogens with zero attached hydrogens (tertiary/aromatic N) is 2. The van der Waals surface area contributed by atoms with E-state index >= 15 is 0 Å². The number of ether oxygens (including phenoxy) is 1. The summed E-state index contributed by atoms with van der Waals surface area (Å²) >= 11 is 13.6. The summed E-state index contributed by atoms with van der Waals surface area (Å²) in [5, 5.41) is 13.1. The lowest BCUT2D eigenvalue weighted by Crippen LogP contribution is -1.88. The van der Waals surface area contributed by atoms with Crippen LogP contribution in [0.25, 0.3) is 22.9 Å². The van der Waals surface area contributed by atoms with Crippen molar-refractivity contribution in [1.29, 1.82) is 5.26 Å². The maximum Gasteiger partial charge on any atom is 0.134 e. The van der Waals surface area contributed by atoms with Crippen LogP contribution in [0.15, 0.2) is 47.8 Å². The van der Waals surface area contributed by atoms with Crippen molar-refractivity contribution in [2.75, 3.05) is 7.11 Å². The number of benzene rings is 2. The summed E-state index contributed by atoms with van der Waals surface area (Å²) < 4.78 is 5.33. The van der Waals surface area contributed by atoms with Crippen molar-refractivity contribution in [3.05, 3.63) is 68.5 Å². The minimum atomic E-state index is 0.464. The molecule has 3 aromatic rings. The number of hydrogen-bond acceptors (Lipinski definition) is 4. The van der Waals surface area contributed by atoms with Gasteiger partial charge in [0.2, 0.25) is 0 Å². The Morgan fingerprint density at radius 1 is 1.24 bits per heavy atom. The lowest BCUT2D eigenvalue weighted by atomic mass is 10.1. The number of methoxy groups -OCH3 is 1. The number of thiazole rings is 1. The first kappa shape index (κ1) is 17.5. The summed E-state index contributed by atoms with van der Waals surface area (Å²) in [5.41, 5.74) is 2.78. The zero-order chi connectivity index (χ0) is 17.8. The molecule has 0 saturated carbocycles. The highest BCUT2D eigenvalue weighted by atomic mass is 35.5. The van der Waals surface area contributed by atoms with E-state index in [-0.39, 0.29) is 0 Å². The Morgan fingerprint density at radius 3 is 2.76 bits per heavy atom. The first-order chi connectivity index (χ1) is 12.1. The molecule has 0 fully saturated rings. The van der Waals surface area contributed by atoms with Crippen LogP contribution in [-0.4, -0.2) is 12.1 Å². The third-order valence-corrected chi connectivity index (χ3v) is 4.92. The van der Waals surface area contributed by atoms with Gasteiger partial charge in [0.25, 0.3) is 0 Å². The second-order valence-electron chi connectivity index (χ2n) is 5.07. The SMILES string of the molecule is COc1ccccc1/C=C(/C#N)c1nc(-c2ccc(Cl)cc2Cl)cs1. The van der Waals surface area contributed by atoms with E-state index in [1.807, 2.05) is 35.7 Å². The zero-order valence-electron chi connectivity index (χ0n) is 13.2. The topological polar surface area (TPSA) is 45.9 Å². The van der Waals surface area contributed by atoms with Crippen LogP contribution < -0.4 is 4.74 Å². The molecule has 0 N–H and O–H groups in total. The molecule has 6 heteroatoms. The summed E-state index contributed by atoms with van der Waals surface area (Å²) in [6, 6.07) is 15.0. The summed E-state index contributed by atoms with van der Waals surface area (Å²) in [7, 11) is 1.60. The standard InChI is InChI=1S/C19H12Cl2N2OS/c1-24-18-5-3-2-4-12(18)8-13(10-22)19-23-17(11-25-19)15-7-6-14(20)9-16(15)21/h2-9,11H,1H3/b13-8-. The minimum absolute atomic E-state index is 0.464. The second-order valence-corrected chi connectivity index (χ2v) is 6.78. The van der Waals surface area contributed by atoms with Crippen LogP contribution >= 0.6 is 34.5 Å². The largest absolute Gasteiger partial charge is 0.496 e. The molecule has 0 aliphatic heterocycles. The van der Waals surface area contributed by atoms with E-state index < -0.39 is 0 Å². The Hall–Kier alpha value is -2.32. The van der Waals surface area contributed by atoms with Crippen molar-refractivity contribution < 1.29 is 4.74 Å². The van der Waals surface area contributed by atoms with Crippen molar-refractivity contribution in [2.24, 2.45) is 0 Å². The average molecular weight is 387 g/mol. The molecule has 25 heavy (non-hydrogen) atoms. The molecule has 124 valence electrons. The third kappa shape index (κ3) is 3.85. The Bertz CT molecular complexity index is 989. The van der Waals surface area contributed by atoms with Gasteiger partial charge in [-0.1, -0.05) is 41.4 Å². The maximum atomic E-state index is 9.54. The smallest absolute Gasteiger partial charge is 0.134 e. The van der Waals surface area contributed by atoms with Crippen LogP contribution in [0.3, 0.4) is 0 Å². The van der Waals surface area contributed by atoms with Crippen molar-refractivity contribution in [3.8, 4) is 23.1 Å². The van der Waals surface area contributed by atoms with Gasteiger partial charge >= 0.3 is 0 Å². The van der Waals surface area contributed by atoms with Crippen LogP contribution in [0, 0.1) is 11.3 Å². The highest BCUT2D eigenvalue weighted by Gasteiger charge is 2.12. The van der Waals surface area contributed by atoms with Gasteiger partial charge in [-0.25, -0.2) is 4.98 Å². The first-order valence-electron chi connectivity index (χ1n) is 7.28. The lowest BCUT2D eigenvalue weighted by molar-refractivity contribution is 0.414. The number of halogens is 2. The average Bonchev–Trinajstić information content (AvgIpc) is 3.09. The molecule has 1 aromatic heterocycles. The predicted molar refractivity (Wildman–Crippen MR) is 104 cm³/mol. The van der Waals surface area contributed by atoms with E-state index in [2.05, 4.69) is 11.1 Å². The maximum absolute atomic E-state index is 9.54. The molecule has 0 saturated heterocycles. The molecule has 0 spiro atoms. The molecule has 3 nitrogen and oxygen atoms in total. The first-order valence-corrected chi connectivity index (χ1v) is 8.92. The number of aromatic nitrogens is 1. The Balaban J connectivity index is 2.00. The van der Waals surface area contributed by atoms with Crippen molar-refractivity contribution in [3.63, 3.8) is 0 Å². The van der Waals surface area contributed by atoms with Crippen LogP contribution in [0.4, 0.5) is 0 Å². The van der Waals surface area contributed by atoms with Crippen molar-refractivity contribution >= 4 is 46.2 Å². The van der Waals surface area contributed by atoms with E-state index in [4.69, 9.17) is 27.9 Å². The molecule has 2 aromatic carbocycles.